The first-order valence-corrected chi connectivity index (χ1v) is 10.0. The molecule has 23 heavy (non-hydrogen) atoms. The lowest BCUT2D eigenvalue weighted by atomic mass is 10.1. The summed E-state index contributed by atoms with van der Waals surface area (Å²) in [4.78, 5) is 14.7. The summed E-state index contributed by atoms with van der Waals surface area (Å²) in [5, 5.41) is 3.10. The maximum Gasteiger partial charge on any atom is 0.234 e. The number of amides is 1. The summed E-state index contributed by atoms with van der Waals surface area (Å²) in [7, 11) is 0. The number of hydrogen-bond acceptors (Lipinski definition) is 3. The third-order valence-electron chi connectivity index (χ3n) is 4.49. The Bertz CT molecular complexity index is 496. The third kappa shape index (κ3) is 6.19. The van der Waals surface area contributed by atoms with Gasteiger partial charge in [0.15, 0.2) is 0 Å². The highest BCUT2D eigenvalue weighted by atomic mass is 32.2. The Balaban J connectivity index is 1.71. The van der Waals surface area contributed by atoms with Crippen LogP contribution < -0.4 is 5.32 Å². The van der Waals surface area contributed by atoms with E-state index in [9.17, 15) is 4.79 Å². The summed E-state index contributed by atoms with van der Waals surface area (Å²) in [6, 6.07) is 6.20. The summed E-state index contributed by atoms with van der Waals surface area (Å²) < 4.78 is 0. The molecule has 1 amide bonds. The highest BCUT2D eigenvalue weighted by Crippen LogP contribution is 2.21. The Kier molecular flexibility index (Phi) is 7.96. The van der Waals surface area contributed by atoms with Crippen molar-refractivity contribution in [3.8, 4) is 0 Å². The molecular formula is C19H30N2OS. The van der Waals surface area contributed by atoms with Crippen LogP contribution in [-0.2, 0) is 11.2 Å². The van der Waals surface area contributed by atoms with Crippen LogP contribution in [0.5, 0.6) is 0 Å². The monoisotopic (exact) mass is 334 g/mol. The Hall–Kier alpha value is -1.000. The number of rotatable bonds is 7. The van der Waals surface area contributed by atoms with Crippen LogP contribution in [-0.4, -0.2) is 41.9 Å². The molecule has 2 rings (SSSR count). The molecule has 1 aliphatic rings. The quantitative estimate of drug-likeness (QED) is 0.762. The van der Waals surface area contributed by atoms with Crippen molar-refractivity contribution in [3.63, 3.8) is 0 Å². The first kappa shape index (κ1) is 18.3. The Morgan fingerprint density at radius 2 is 1.96 bits per heavy atom. The minimum absolute atomic E-state index is 0.120. The van der Waals surface area contributed by atoms with Crippen molar-refractivity contribution < 1.29 is 4.79 Å². The number of benzene rings is 1. The third-order valence-corrected chi connectivity index (χ3v) is 5.43. The van der Waals surface area contributed by atoms with Crippen molar-refractivity contribution in [1.29, 1.82) is 0 Å². The molecule has 0 radical (unpaired) electrons. The number of nitrogens with zero attached hydrogens (tertiary/aromatic N) is 1. The van der Waals surface area contributed by atoms with E-state index in [1.807, 2.05) is 0 Å². The van der Waals surface area contributed by atoms with Crippen molar-refractivity contribution in [2.45, 2.75) is 46.0 Å². The second kappa shape index (κ2) is 9.99. The average Bonchev–Trinajstić information content (AvgIpc) is 2.82. The average molecular weight is 335 g/mol. The van der Waals surface area contributed by atoms with Crippen molar-refractivity contribution in [1.82, 2.24) is 4.90 Å². The van der Waals surface area contributed by atoms with E-state index >= 15 is 0 Å². The zero-order chi connectivity index (χ0) is 16.5. The second-order valence-corrected chi connectivity index (χ2v) is 7.42. The van der Waals surface area contributed by atoms with Gasteiger partial charge < -0.3 is 10.2 Å². The molecule has 1 fully saturated rings. The zero-order valence-electron chi connectivity index (χ0n) is 14.6. The molecule has 4 heteroatoms. The number of nitrogens with one attached hydrogen (secondary N) is 1. The lowest BCUT2D eigenvalue weighted by Gasteiger charge is -2.19. The van der Waals surface area contributed by atoms with Crippen LogP contribution in [0.1, 0.15) is 43.7 Å². The number of para-hydroxylation sites is 1. The van der Waals surface area contributed by atoms with Gasteiger partial charge in [-0.15, -0.1) is 0 Å². The summed E-state index contributed by atoms with van der Waals surface area (Å²) in [5.74, 6) is 1.71. The fraction of sp³-hybridized carbons (Fsp3) is 0.632. The number of carbonyl (C=O) groups excluding carboxylic acids is 1. The Morgan fingerprint density at radius 3 is 2.65 bits per heavy atom. The van der Waals surface area contributed by atoms with Crippen LogP contribution >= 0.6 is 11.8 Å². The second-order valence-electron chi connectivity index (χ2n) is 6.32. The summed E-state index contributed by atoms with van der Waals surface area (Å²) in [5.41, 5.74) is 3.37. The molecule has 1 N–H and O–H groups in total. The van der Waals surface area contributed by atoms with Crippen LogP contribution in [0.15, 0.2) is 18.2 Å². The molecule has 0 bridgehead atoms. The van der Waals surface area contributed by atoms with Crippen molar-refractivity contribution in [2.24, 2.45) is 0 Å². The number of aryl methyl sites for hydroxylation is 2. The molecule has 1 aromatic carbocycles. The number of anilines is 1. The van der Waals surface area contributed by atoms with Crippen molar-refractivity contribution in [2.75, 3.05) is 36.5 Å². The molecule has 0 atom stereocenters. The summed E-state index contributed by atoms with van der Waals surface area (Å²) in [6.45, 7) is 7.76. The van der Waals surface area contributed by atoms with Gasteiger partial charge in [0.05, 0.1) is 5.75 Å². The van der Waals surface area contributed by atoms with Gasteiger partial charge >= 0.3 is 0 Å². The van der Waals surface area contributed by atoms with Gasteiger partial charge in [-0.05, 0) is 50.4 Å². The number of thioether (sulfide) groups is 1. The fourth-order valence-electron chi connectivity index (χ4n) is 3.10. The first-order valence-electron chi connectivity index (χ1n) is 8.89. The lowest BCUT2D eigenvalue weighted by molar-refractivity contribution is -0.113. The van der Waals surface area contributed by atoms with Gasteiger partial charge in [-0.3, -0.25) is 4.79 Å². The smallest absolute Gasteiger partial charge is 0.234 e. The molecule has 0 unspecified atom stereocenters. The maximum absolute atomic E-state index is 12.2. The SMILES string of the molecule is CCc1cccc(C)c1NC(=O)CSCCN1CCCCCC1. The molecule has 0 saturated carbocycles. The van der Waals surface area contributed by atoms with Gasteiger partial charge in [0.1, 0.15) is 0 Å². The van der Waals surface area contributed by atoms with Crippen LogP contribution in [0.4, 0.5) is 5.69 Å². The van der Waals surface area contributed by atoms with Crippen LogP contribution in [0.2, 0.25) is 0 Å². The maximum atomic E-state index is 12.2. The van der Waals surface area contributed by atoms with E-state index in [0.29, 0.717) is 5.75 Å². The molecule has 1 aromatic rings. The van der Waals surface area contributed by atoms with Gasteiger partial charge in [-0.25, -0.2) is 0 Å². The van der Waals surface area contributed by atoms with E-state index in [1.165, 1.54) is 44.3 Å². The van der Waals surface area contributed by atoms with Crippen molar-refractivity contribution in [3.05, 3.63) is 29.3 Å². The zero-order valence-corrected chi connectivity index (χ0v) is 15.4. The topological polar surface area (TPSA) is 32.3 Å². The van der Waals surface area contributed by atoms with E-state index in [1.54, 1.807) is 11.8 Å². The molecule has 0 spiro atoms. The van der Waals surface area contributed by atoms with E-state index in [4.69, 9.17) is 0 Å². The van der Waals surface area contributed by atoms with E-state index < -0.39 is 0 Å². The van der Waals surface area contributed by atoms with Crippen LogP contribution in [0, 0.1) is 6.92 Å². The predicted octanol–water partition coefficient (Wildman–Crippen LogP) is 4.11. The van der Waals surface area contributed by atoms with E-state index in [2.05, 4.69) is 42.3 Å². The Morgan fingerprint density at radius 1 is 1.22 bits per heavy atom. The van der Waals surface area contributed by atoms with Crippen molar-refractivity contribution >= 4 is 23.4 Å². The largest absolute Gasteiger partial charge is 0.325 e. The highest BCUT2D eigenvalue weighted by Gasteiger charge is 2.10. The molecule has 1 saturated heterocycles. The summed E-state index contributed by atoms with van der Waals surface area (Å²) in [6.07, 6.45) is 6.36. The minimum atomic E-state index is 0.120. The Labute approximate surface area is 145 Å². The predicted molar refractivity (Wildman–Crippen MR) is 101 cm³/mol. The molecule has 128 valence electrons. The molecule has 3 nitrogen and oxygen atoms in total. The van der Waals surface area contributed by atoms with Gasteiger partial charge in [-0.2, -0.15) is 11.8 Å². The van der Waals surface area contributed by atoms with Crippen LogP contribution in [0.25, 0.3) is 0 Å². The standard InChI is InChI=1S/C19H30N2OS/c1-3-17-10-8-9-16(2)19(17)20-18(22)15-23-14-13-21-11-6-4-5-7-12-21/h8-10H,3-7,11-15H2,1-2H3,(H,20,22). The molecule has 0 aromatic heterocycles. The fourth-order valence-corrected chi connectivity index (χ4v) is 3.89. The first-order chi connectivity index (χ1) is 11.2. The number of hydrogen-bond donors (Lipinski definition) is 1. The minimum Gasteiger partial charge on any atom is -0.325 e. The molecular weight excluding hydrogens is 304 g/mol. The number of carbonyl (C=O) groups is 1. The van der Waals surface area contributed by atoms with Gasteiger partial charge in [0, 0.05) is 18.0 Å². The van der Waals surface area contributed by atoms with Gasteiger partial charge in [-0.1, -0.05) is 38.0 Å². The lowest BCUT2D eigenvalue weighted by Crippen LogP contribution is -2.27. The number of likely N-dealkylation sites (tertiary alicyclic amines) is 1. The van der Waals surface area contributed by atoms with Gasteiger partial charge in [0.25, 0.3) is 0 Å². The van der Waals surface area contributed by atoms with Gasteiger partial charge in [0.2, 0.25) is 5.91 Å². The van der Waals surface area contributed by atoms with Crippen LogP contribution in [0.3, 0.4) is 0 Å². The normalized spacial score (nSPS) is 16.1. The highest BCUT2D eigenvalue weighted by molar-refractivity contribution is 7.99. The molecule has 0 aliphatic carbocycles. The summed E-state index contributed by atoms with van der Waals surface area (Å²) >= 11 is 1.75. The molecule has 1 aliphatic heterocycles. The molecule has 1 heterocycles. The van der Waals surface area contributed by atoms with E-state index in [-0.39, 0.29) is 5.91 Å². The van der Waals surface area contributed by atoms with E-state index in [0.717, 1.165) is 30.0 Å².